The second kappa shape index (κ2) is 10.4. The lowest BCUT2D eigenvalue weighted by Crippen LogP contribution is -2.56. The summed E-state index contributed by atoms with van der Waals surface area (Å²) >= 11 is 0. The van der Waals surface area contributed by atoms with Gasteiger partial charge in [0.15, 0.2) is 0 Å². The molecule has 1 saturated heterocycles. The maximum Gasteiger partial charge on any atom is 0.326 e. The molecule has 3 unspecified atom stereocenters. The number of carbonyl (C=O) groups excluding carboxylic acids is 4. The van der Waals surface area contributed by atoms with Gasteiger partial charge in [0, 0.05) is 13.0 Å². The van der Waals surface area contributed by atoms with Crippen molar-refractivity contribution in [2.75, 3.05) is 19.7 Å². The quantitative estimate of drug-likeness (QED) is 0.219. The van der Waals surface area contributed by atoms with Gasteiger partial charge in [-0.3, -0.25) is 19.2 Å². The van der Waals surface area contributed by atoms with Crippen LogP contribution in [0.25, 0.3) is 0 Å². The van der Waals surface area contributed by atoms with Gasteiger partial charge in [-0.2, -0.15) is 0 Å². The monoisotopic (exact) mass is 387 g/mol. The topological polar surface area (TPSA) is 205 Å². The third kappa shape index (κ3) is 6.49. The van der Waals surface area contributed by atoms with Gasteiger partial charge in [0.1, 0.15) is 18.1 Å². The minimum absolute atomic E-state index is 0.178. The van der Waals surface area contributed by atoms with Gasteiger partial charge in [-0.15, -0.1) is 0 Å². The molecule has 0 aromatic rings. The smallest absolute Gasteiger partial charge is 0.326 e. The number of nitrogens with one attached hydrogen (secondary N) is 2. The molecule has 27 heavy (non-hydrogen) atoms. The van der Waals surface area contributed by atoms with Crippen molar-refractivity contribution in [3.05, 3.63) is 0 Å². The van der Waals surface area contributed by atoms with Crippen molar-refractivity contribution in [3.63, 3.8) is 0 Å². The van der Waals surface area contributed by atoms with Crippen LogP contribution in [0.5, 0.6) is 0 Å². The number of primary amides is 1. The van der Waals surface area contributed by atoms with E-state index in [0.29, 0.717) is 12.8 Å². The highest BCUT2D eigenvalue weighted by molar-refractivity contribution is 5.94. The highest BCUT2D eigenvalue weighted by Gasteiger charge is 2.38. The molecule has 1 aliphatic rings. The van der Waals surface area contributed by atoms with Gasteiger partial charge in [0.2, 0.25) is 23.6 Å². The summed E-state index contributed by atoms with van der Waals surface area (Å²) < 4.78 is 0. The fourth-order valence-corrected chi connectivity index (χ4v) is 2.75. The highest BCUT2D eigenvalue weighted by Crippen LogP contribution is 2.19. The Morgan fingerprint density at radius 1 is 1.15 bits per heavy atom. The van der Waals surface area contributed by atoms with Crippen LogP contribution in [0.15, 0.2) is 0 Å². The molecule has 1 fully saturated rings. The molecule has 3 atom stereocenters. The van der Waals surface area contributed by atoms with Gasteiger partial charge in [0.05, 0.1) is 13.2 Å². The van der Waals surface area contributed by atoms with Crippen molar-refractivity contribution in [2.45, 2.75) is 43.8 Å². The Kier molecular flexibility index (Phi) is 8.62. The van der Waals surface area contributed by atoms with E-state index in [0.717, 1.165) is 0 Å². The molecule has 0 bridgehead atoms. The number of amides is 4. The standard InChI is InChI=1S/C15H25N5O7/c16-6-12(23)18-9(7-21)14(25)20-5-1-2-10(20)13(24)19-8(15(26)27)3-4-11(17)22/h8-10,21H,1-7,16H2,(H2,17,22)(H,18,23)(H,19,24)(H,26,27). The molecular weight excluding hydrogens is 362 g/mol. The zero-order chi connectivity index (χ0) is 20.6. The zero-order valence-electron chi connectivity index (χ0n) is 14.7. The number of aliphatic hydroxyl groups is 1. The van der Waals surface area contributed by atoms with Crippen LogP contribution < -0.4 is 22.1 Å². The summed E-state index contributed by atoms with van der Waals surface area (Å²) in [5.41, 5.74) is 10.2. The Labute approximate surface area is 155 Å². The maximum atomic E-state index is 12.5. The first kappa shape index (κ1) is 22.3. The number of nitrogens with two attached hydrogens (primary N) is 2. The minimum atomic E-state index is -1.33. The Balaban J connectivity index is 2.80. The zero-order valence-corrected chi connectivity index (χ0v) is 14.7. The molecular formula is C15H25N5O7. The van der Waals surface area contributed by atoms with Crippen molar-refractivity contribution < 1.29 is 34.2 Å². The van der Waals surface area contributed by atoms with Crippen molar-refractivity contribution in [1.82, 2.24) is 15.5 Å². The number of carboxylic acid groups (broad SMARTS) is 1. The largest absolute Gasteiger partial charge is 0.480 e. The summed E-state index contributed by atoms with van der Waals surface area (Å²) in [4.78, 5) is 59.6. The molecule has 0 aliphatic carbocycles. The van der Waals surface area contributed by atoms with Crippen LogP contribution in [0.4, 0.5) is 0 Å². The summed E-state index contributed by atoms with van der Waals surface area (Å²) in [5, 5.41) is 23.1. The van der Waals surface area contributed by atoms with Crippen molar-refractivity contribution >= 4 is 29.6 Å². The molecule has 0 aromatic heterocycles. The van der Waals surface area contributed by atoms with Crippen LogP contribution >= 0.6 is 0 Å². The predicted octanol–water partition coefficient (Wildman–Crippen LogP) is -3.75. The number of hydrogen-bond donors (Lipinski definition) is 6. The van der Waals surface area contributed by atoms with Crippen molar-refractivity contribution in [3.8, 4) is 0 Å². The van der Waals surface area contributed by atoms with E-state index < -0.39 is 54.3 Å². The first-order valence-corrected chi connectivity index (χ1v) is 8.43. The Hall–Kier alpha value is -2.73. The van der Waals surface area contributed by atoms with E-state index >= 15 is 0 Å². The number of rotatable bonds is 10. The third-order valence-electron chi connectivity index (χ3n) is 4.13. The Morgan fingerprint density at radius 3 is 2.33 bits per heavy atom. The van der Waals surface area contributed by atoms with Crippen molar-refractivity contribution in [2.24, 2.45) is 11.5 Å². The Bertz CT molecular complexity index is 597. The number of aliphatic hydroxyl groups excluding tert-OH is 1. The third-order valence-corrected chi connectivity index (χ3v) is 4.13. The fraction of sp³-hybridized carbons (Fsp3) is 0.667. The SMILES string of the molecule is NCC(=O)NC(CO)C(=O)N1CCCC1C(=O)NC(CCC(N)=O)C(=O)O. The molecule has 0 saturated carbocycles. The van der Waals surface area contributed by atoms with E-state index in [4.69, 9.17) is 16.6 Å². The molecule has 1 heterocycles. The molecule has 8 N–H and O–H groups in total. The average molecular weight is 387 g/mol. The molecule has 4 amide bonds. The van der Waals surface area contributed by atoms with Crippen LogP contribution in [-0.2, 0) is 24.0 Å². The molecule has 152 valence electrons. The van der Waals surface area contributed by atoms with Gasteiger partial charge in [-0.05, 0) is 19.3 Å². The van der Waals surface area contributed by atoms with Gasteiger partial charge in [0.25, 0.3) is 0 Å². The maximum absolute atomic E-state index is 12.5. The number of likely N-dealkylation sites (tertiary alicyclic amines) is 1. The molecule has 0 aromatic carbocycles. The lowest BCUT2D eigenvalue weighted by Gasteiger charge is -2.28. The van der Waals surface area contributed by atoms with E-state index in [1.165, 1.54) is 4.90 Å². The number of hydrogen-bond acceptors (Lipinski definition) is 7. The lowest BCUT2D eigenvalue weighted by atomic mass is 10.1. The molecule has 0 spiro atoms. The summed E-state index contributed by atoms with van der Waals surface area (Å²) in [6, 6.07) is -3.52. The van der Waals surface area contributed by atoms with Gasteiger partial charge in [-0.1, -0.05) is 0 Å². The predicted molar refractivity (Wildman–Crippen MR) is 90.8 cm³/mol. The molecule has 12 heteroatoms. The molecule has 1 aliphatic heterocycles. The first-order valence-electron chi connectivity index (χ1n) is 8.43. The van der Waals surface area contributed by atoms with E-state index in [1.807, 2.05) is 0 Å². The number of aliphatic carboxylic acids is 1. The van der Waals surface area contributed by atoms with Crippen LogP contribution in [0.2, 0.25) is 0 Å². The van der Waals surface area contributed by atoms with Crippen LogP contribution in [0.1, 0.15) is 25.7 Å². The highest BCUT2D eigenvalue weighted by atomic mass is 16.4. The minimum Gasteiger partial charge on any atom is -0.480 e. The molecule has 1 rings (SSSR count). The van der Waals surface area contributed by atoms with Crippen LogP contribution in [0.3, 0.4) is 0 Å². The summed E-state index contributed by atoms with van der Waals surface area (Å²) in [6.07, 6.45) is 0.389. The van der Waals surface area contributed by atoms with Crippen molar-refractivity contribution in [1.29, 1.82) is 0 Å². The second-order valence-corrected chi connectivity index (χ2v) is 6.10. The summed E-state index contributed by atoms with van der Waals surface area (Å²) in [7, 11) is 0. The van der Waals surface area contributed by atoms with E-state index in [-0.39, 0.29) is 25.9 Å². The average Bonchev–Trinajstić information content (AvgIpc) is 3.11. The van der Waals surface area contributed by atoms with Gasteiger partial charge >= 0.3 is 5.97 Å². The first-order chi connectivity index (χ1) is 12.7. The molecule has 12 nitrogen and oxygen atoms in total. The van der Waals surface area contributed by atoms with Crippen LogP contribution in [0, 0.1) is 0 Å². The van der Waals surface area contributed by atoms with E-state index in [9.17, 15) is 29.1 Å². The normalized spacial score (nSPS) is 18.4. The van der Waals surface area contributed by atoms with Gasteiger partial charge < -0.3 is 37.2 Å². The molecule has 0 radical (unpaired) electrons. The Morgan fingerprint density at radius 2 is 1.81 bits per heavy atom. The number of carbonyl (C=O) groups is 5. The number of nitrogens with zero attached hydrogens (tertiary/aromatic N) is 1. The number of carboxylic acids is 1. The fourth-order valence-electron chi connectivity index (χ4n) is 2.75. The van der Waals surface area contributed by atoms with E-state index in [1.54, 1.807) is 0 Å². The van der Waals surface area contributed by atoms with E-state index in [2.05, 4.69) is 10.6 Å². The second-order valence-electron chi connectivity index (χ2n) is 6.10. The lowest BCUT2D eigenvalue weighted by molar-refractivity contribution is -0.145. The van der Waals surface area contributed by atoms with Gasteiger partial charge in [-0.25, -0.2) is 4.79 Å². The van der Waals surface area contributed by atoms with Crippen LogP contribution in [-0.4, -0.2) is 82.5 Å². The summed E-state index contributed by atoms with van der Waals surface area (Å²) in [6.45, 7) is -0.829. The summed E-state index contributed by atoms with van der Waals surface area (Å²) in [5.74, 6) is -4.03.